The molecule has 2 aromatic carbocycles. The highest BCUT2D eigenvalue weighted by Gasteiger charge is 2.30. The molecule has 0 spiro atoms. The number of alkyl halides is 3. The molecule has 9 heteroatoms. The molecular weight excluding hydrogens is 467 g/mol. The molecule has 0 N–H and O–H groups in total. The minimum Gasteiger partial charge on any atom is -0.371 e. The first-order valence-corrected chi connectivity index (χ1v) is 12.4. The van der Waals surface area contributed by atoms with Gasteiger partial charge in [-0.2, -0.15) is 23.0 Å². The third-order valence-corrected chi connectivity index (χ3v) is 7.05. The van der Waals surface area contributed by atoms with Crippen LogP contribution in [0.3, 0.4) is 0 Å². The van der Waals surface area contributed by atoms with Crippen molar-refractivity contribution in [1.29, 1.82) is 0 Å². The Morgan fingerprint density at radius 1 is 0.917 bits per heavy atom. The Kier molecular flexibility index (Phi) is 6.75. The van der Waals surface area contributed by atoms with Crippen LogP contribution in [-0.2, 0) is 12.7 Å². The average molecular weight is 498 g/mol. The van der Waals surface area contributed by atoms with Crippen LogP contribution < -0.4 is 4.90 Å². The molecule has 1 amide bonds. The second-order valence-corrected chi connectivity index (χ2v) is 9.62. The molecule has 2 saturated heterocycles. The van der Waals surface area contributed by atoms with Gasteiger partial charge in [0.1, 0.15) is 0 Å². The second-order valence-electron chi connectivity index (χ2n) is 9.62. The average Bonchev–Trinajstić information content (AvgIpc) is 3.58. The van der Waals surface area contributed by atoms with E-state index in [2.05, 4.69) is 40.0 Å². The fourth-order valence-electron chi connectivity index (χ4n) is 4.97. The van der Waals surface area contributed by atoms with Gasteiger partial charge in [0.25, 0.3) is 0 Å². The Hall–Kier alpha value is -3.33. The smallest absolute Gasteiger partial charge is 0.371 e. The lowest BCUT2D eigenvalue weighted by atomic mass is 10.1. The van der Waals surface area contributed by atoms with Crippen LogP contribution in [0.5, 0.6) is 0 Å². The van der Waals surface area contributed by atoms with Crippen molar-refractivity contribution in [3.63, 3.8) is 0 Å². The monoisotopic (exact) mass is 497 g/mol. The van der Waals surface area contributed by atoms with E-state index in [-0.39, 0.29) is 6.03 Å². The van der Waals surface area contributed by atoms with Crippen molar-refractivity contribution >= 4 is 11.7 Å². The number of rotatable bonds is 4. The van der Waals surface area contributed by atoms with Gasteiger partial charge in [-0.05, 0) is 54.7 Å². The molecule has 36 heavy (non-hydrogen) atoms. The highest BCUT2D eigenvalue weighted by molar-refractivity contribution is 5.78. The highest BCUT2D eigenvalue weighted by atomic mass is 19.4. The van der Waals surface area contributed by atoms with Crippen LogP contribution in [-0.4, -0.2) is 64.9 Å². The molecule has 0 atom stereocenters. The van der Waals surface area contributed by atoms with E-state index in [0.717, 1.165) is 44.9 Å². The number of anilines is 1. The first kappa shape index (κ1) is 24.4. The van der Waals surface area contributed by atoms with Crippen LogP contribution >= 0.6 is 0 Å². The molecule has 0 saturated carbocycles. The molecule has 0 aliphatic carbocycles. The summed E-state index contributed by atoms with van der Waals surface area (Å²) in [4.78, 5) is 19.6. The van der Waals surface area contributed by atoms with Gasteiger partial charge in [0.2, 0.25) is 0 Å². The Morgan fingerprint density at radius 2 is 1.61 bits per heavy atom. The zero-order valence-electron chi connectivity index (χ0n) is 20.3. The van der Waals surface area contributed by atoms with E-state index in [0.29, 0.717) is 24.2 Å². The topological polar surface area (TPSA) is 44.6 Å². The minimum absolute atomic E-state index is 0.221. The second kappa shape index (κ2) is 9.97. The van der Waals surface area contributed by atoms with Gasteiger partial charge < -0.3 is 9.80 Å². The molecule has 6 nitrogen and oxygen atoms in total. The first-order chi connectivity index (χ1) is 17.3. The summed E-state index contributed by atoms with van der Waals surface area (Å²) in [6, 6.07) is 11.3. The van der Waals surface area contributed by atoms with Crippen molar-refractivity contribution < 1.29 is 18.0 Å². The Morgan fingerprint density at radius 3 is 2.28 bits per heavy atom. The van der Waals surface area contributed by atoms with Gasteiger partial charge >= 0.3 is 12.2 Å². The summed E-state index contributed by atoms with van der Waals surface area (Å²) in [6.45, 7) is 7.94. The number of carbonyl (C=O) groups is 1. The van der Waals surface area contributed by atoms with Crippen LogP contribution in [0.25, 0.3) is 11.1 Å². The number of piperazine rings is 1. The first-order valence-electron chi connectivity index (χ1n) is 12.4. The SMILES string of the molecule is Cc1ccc(CN2CCN(C(=O)n3cc(-c4ccc(C(F)(F)F)cc4)cn3)CC2)c(N2CCCC2)c1. The van der Waals surface area contributed by atoms with Gasteiger partial charge in [-0.15, -0.1) is 0 Å². The van der Waals surface area contributed by atoms with E-state index >= 15 is 0 Å². The maximum atomic E-state index is 13.0. The van der Waals surface area contributed by atoms with Crippen molar-refractivity contribution in [2.24, 2.45) is 0 Å². The van der Waals surface area contributed by atoms with Crippen LogP contribution in [0.4, 0.5) is 23.7 Å². The molecule has 1 aromatic heterocycles. The summed E-state index contributed by atoms with van der Waals surface area (Å²) >= 11 is 0. The van der Waals surface area contributed by atoms with Gasteiger partial charge in [0, 0.05) is 63.3 Å². The Bertz CT molecular complexity index is 1210. The molecule has 0 radical (unpaired) electrons. The Labute approximate surface area is 208 Å². The fraction of sp³-hybridized carbons (Fsp3) is 0.407. The lowest BCUT2D eigenvalue weighted by Gasteiger charge is -2.35. The fourth-order valence-corrected chi connectivity index (χ4v) is 4.97. The molecule has 2 aliphatic rings. The molecule has 2 aliphatic heterocycles. The zero-order valence-corrected chi connectivity index (χ0v) is 20.3. The van der Waals surface area contributed by atoms with E-state index in [4.69, 9.17) is 0 Å². The third kappa shape index (κ3) is 5.26. The number of amides is 1. The number of hydrogen-bond acceptors (Lipinski definition) is 4. The zero-order chi connectivity index (χ0) is 25.3. The summed E-state index contributed by atoms with van der Waals surface area (Å²) in [6.07, 6.45) is 1.18. The van der Waals surface area contributed by atoms with Crippen molar-refractivity contribution in [3.8, 4) is 11.1 Å². The molecule has 2 fully saturated rings. The lowest BCUT2D eigenvalue weighted by Crippen LogP contribution is -2.49. The standard InChI is InChI=1S/C27H30F3N5O/c1-20-4-5-22(25(16-20)33-10-2-3-11-33)18-32-12-14-34(15-13-32)26(36)35-19-23(17-31-35)21-6-8-24(9-7-21)27(28,29)30/h4-9,16-17,19H,2-3,10-15,18H2,1H3. The number of aromatic nitrogens is 2. The minimum atomic E-state index is -4.38. The Balaban J connectivity index is 1.20. The van der Waals surface area contributed by atoms with E-state index in [1.165, 1.54) is 52.7 Å². The number of carbonyl (C=O) groups excluding carboxylic acids is 1. The van der Waals surface area contributed by atoms with E-state index < -0.39 is 11.7 Å². The normalized spacial score (nSPS) is 17.1. The molecule has 5 rings (SSSR count). The number of nitrogens with zero attached hydrogens (tertiary/aromatic N) is 5. The number of halogens is 3. The van der Waals surface area contributed by atoms with Crippen LogP contribution in [0.1, 0.15) is 29.5 Å². The van der Waals surface area contributed by atoms with Crippen LogP contribution in [0.2, 0.25) is 0 Å². The summed E-state index contributed by atoms with van der Waals surface area (Å²) in [5, 5.41) is 4.17. The van der Waals surface area contributed by atoms with Crippen molar-refractivity contribution in [2.75, 3.05) is 44.2 Å². The lowest BCUT2D eigenvalue weighted by molar-refractivity contribution is -0.137. The molecule has 3 heterocycles. The molecular formula is C27H30F3N5O. The van der Waals surface area contributed by atoms with Crippen molar-refractivity contribution in [2.45, 2.75) is 32.5 Å². The van der Waals surface area contributed by atoms with Gasteiger partial charge in [0.05, 0.1) is 11.8 Å². The summed E-state index contributed by atoms with van der Waals surface area (Å²) in [5.74, 6) is 0. The molecule has 3 aromatic rings. The molecule has 0 bridgehead atoms. The summed E-state index contributed by atoms with van der Waals surface area (Å²) < 4.78 is 39.7. The number of benzene rings is 2. The van der Waals surface area contributed by atoms with Gasteiger partial charge in [-0.1, -0.05) is 24.3 Å². The quantitative estimate of drug-likeness (QED) is 0.493. The third-order valence-electron chi connectivity index (χ3n) is 7.05. The highest BCUT2D eigenvalue weighted by Crippen LogP contribution is 2.31. The van der Waals surface area contributed by atoms with Gasteiger partial charge in [0.15, 0.2) is 0 Å². The molecule has 190 valence electrons. The predicted octanol–water partition coefficient (Wildman–Crippen LogP) is 5.26. The van der Waals surface area contributed by atoms with Crippen molar-refractivity contribution in [3.05, 3.63) is 71.5 Å². The summed E-state index contributed by atoms with van der Waals surface area (Å²) in [7, 11) is 0. The van der Waals surface area contributed by atoms with E-state index in [1.807, 2.05) is 0 Å². The van der Waals surface area contributed by atoms with Crippen LogP contribution in [0, 0.1) is 6.92 Å². The number of hydrogen-bond donors (Lipinski definition) is 0. The van der Waals surface area contributed by atoms with Gasteiger partial charge in [-0.3, -0.25) is 4.90 Å². The predicted molar refractivity (Wildman–Crippen MR) is 133 cm³/mol. The van der Waals surface area contributed by atoms with Gasteiger partial charge in [-0.25, -0.2) is 4.79 Å². The summed E-state index contributed by atoms with van der Waals surface area (Å²) in [5.41, 5.74) is 4.41. The molecule has 0 unspecified atom stereocenters. The van der Waals surface area contributed by atoms with E-state index in [9.17, 15) is 18.0 Å². The maximum Gasteiger partial charge on any atom is 0.416 e. The van der Waals surface area contributed by atoms with Crippen molar-refractivity contribution in [1.82, 2.24) is 19.6 Å². The maximum absolute atomic E-state index is 13.0. The number of aryl methyl sites for hydroxylation is 1. The van der Waals surface area contributed by atoms with E-state index in [1.54, 1.807) is 11.1 Å². The largest absolute Gasteiger partial charge is 0.416 e. The van der Waals surface area contributed by atoms with Crippen LogP contribution in [0.15, 0.2) is 54.9 Å².